The van der Waals surface area contributed by atoms with Crippen molar-refractivity contribution in [1.29, 1.82) is 0 Å². The first-order chi connectivity index (χ1) is 8.72. The van der Waals surface area contributed by atoms with Gasteiger partial charge in [-0.1, -0.05) is 18.2 Å². The van der Waals surface area contributed by atoms with Gasteiger partial charge in [-0.15, -0.1) is 0 Å². The molecule has 0 aliphatic rings. The summed E-state index contributed by atoms with van der Waals surface area (Å²) in [5.74, 6) is 0.865. The Balaban J connectivity index is 2.11. The van der Waals surface area contributed by atoms with Gasteiger partial charge in [-0.3, -0.25) is 4.99 Å². The monoisotopic (exact) mass is 248 g/mol. The molecule has 0 heterocycles. The van der Waals surface area contributed by atoms with Crippen LogP contribution in [-0.4, -0.2) is 32.1 Å². The summed E-state index contributed by atoms with van der Waals surface area (Å²) in [5.41, 5.74) is 1.17. The van der Waals surface area contributed by atoms with Crippen LogP contribution in [-0.2, 0) is 0 Å². The third-order valence-corrected chi connectivity index (χ3v) is 2.40. The fraction of sp³-hybridized carbons (Fsp3) is 0.500. The van der Waals surface area contributed by atoms with Gasteiger partial charge in [-0.25, -0.2) is 0 Å². The molecule has 4 nitrogen and oxygen atoms in total. The van der Waals surface area contributed by atoms with E-state index in [1.165, 1.54) is 5.69 Å². The van der Waals surface area contributed by atoms with Crippen molar-refractivity contribution >= 4 is 11.6 Å². The first kappa shape index (κ1) is 14.4. The van der Waals surface area contributed by atoms with E-state index in [9.17, 15) is 0 Å². The lowest BCUT2D eigenvalue weighted by Crippen LogP contribution is -2.41. The van der Waals surface area contributed by atoms with Crippen LogP contribution in [0.4, 0.5) is 5.69 Å². The predicted molar refractivity (Wildman–Crippen MR) is 79.2 cm³/mol. The molecule has 1 aromatic rings. The molecule has 0 fully saturated rings. The Bertz CT molecular complexity index is 346. The predicted octanol–water partition coefficient (Wildman–Crippen LogP) is 2.06. The number of guanidine groups is 1. The van der Waals surface area contributed by atoms with Crippen LogP contribution < -0.4 is 16.0 Å². The van der Waals surface area contributed by atoms with Gasteiger partial charge in [0.25, 0.3) is 0 Å². The first-order valence-electron chi connectivity index (χ1n) is 6.48. The smallest absolute Gasteiger partial charge is 0.191 e. The number of aliphatic imine (C=N–C) groups is 1. The molecule has 0 aromatic heterocycles. The summed E-state index contributed by atoms with van der Waals surface area (Å²) >= 11 is 0. The summed E-state index contributed by atoms with van der Waals surface area (Å²) < 4.78 is 0. The first-order valence-corrected chi connectivity index (χ1v) is 6.48. The molecule has 0 bridgehead atoms. The van der Waals surface area contributed by atoms with Crippen molar-refractivity contribution in [1.82, 2.24) is 10.6 Å². The van der Waals surface area contributed by atoms with E-state index in [-0.39, 0.29) is 0 Å². The molecular formula is C14H24N4. The molecule has 0 aliphatic heterocycles. The highest BCUT2D eigenvalue weighted by Gasteiger charge is 1.98. The molecule has 0 unspecified atom stereocenters. The van der Waals surface area contributed by atoms with E-state index in [0.717, 1.165) is 25.5 Å². The molecule has 0 atom stereocenters. The zero-order valence-electron chi connectivity index (χ0n) is 11.5. The Morgan fingerprint density at radius 2 is 1.89 bits per heavy atom. The summed E-state index contributed by atoms with van der Waals surface area (Å²) in [7, 11) is 1.79. The van der Waals surface area contributed by atoms with E-state index in [2.05, 4.69) is 46.9 Å². The second-order valence-corrected chi connectivity index (χ2v) is 4.44. The van der Waals surface area contributed by atoms with Gasteiger partial charge in [0.2, 0.25) is 0 Å². The molecule has 18 heavy (non-hydrogen) atoms. The maximum Gasteiger partial charge on any atom is 0.191 e. The summed E-state index contributed by atoms with van der Waals surface area (Å²) in [6.07, 6.45) is 1.05. The quantitative estimate of drug-likeness (QED) is 0.410. The Morgan fingerprint density at radius 3 is 2.50 bits per heavy atom. The van der Waals surface area contributed by atoms with Gasteiger partial charge < -0.3 is 16.0 Å². The zero-order chi connectivity index (χ0) is 13.2. The molecule has 0 aliphatic carbocycles. The Hall–Kier alpha value is -1.71. The molecule has 1 rings (SSSR count). The highest BCUT2D eigenvalue weighted by atomic mass is 15.2. The Labute approximate surface area is 110 Å². The molecule has 1 aromatic carbocycles. The highest BCUT2D eigenvalue weighted by Crippen LogP contribution is 2.03. The van der Waals surface area contributed by atoms with Gasteiger partial charge in [-0.05, 0) is 32.4 Å². The van der Waals surface area contributed by atoms with Crippen LogP contribution in [0.1, 0.15) is 20.3 Å². The van der Waals surface area contributed by atoms with Crippen molar-refractivity contribution in [2.45, 2.75) is 26.3 Å². The van der Waals surface area contributed by atoms with Gasteiger partial charge in [0, 0.05) is 31.9 Å². The van der Waals surface area contributed by atoms with Crippen LogP contribution in [0, 0.1) is 0 Å². The lowest BCUT2D eigenvalue weighted by atomic mass is 10.3. The normalized spacial score (nSPS) is 11.4. The molecule has 4 heteroatoms. The molecule has 0 saturated carbocycles. The van der Waals surface area contributed by atoms with Crippen LogP contribution >= 0.6 is 0 Å². The van der Waals surface area contributed by atoms with Gasteiger partial charge >= 0.3 is 0 Å². The minimum atomic E-state index is 0.402. The van der Waals surface area contributed by atoms with Crippen molar-refractivity contribution in [3.8, 4) is 0 Å². The van der Waals surface area contributed by atoms with Crippen molar-refractivity contribution in [3.63, 3.8) is 0 Å². The maximum absolute atomic E-state index is 4.16. The number of nitrogens with one attached hydrogen (secondary N) is 3. The van der Waals surface area contributed by atoms with E-state index in [1.54, 1.807) is 7.05 Å². The molecule has 0 spiro atoms. The second-order valence-electron chi connectivity index (χ2n) is 4.44. The average molecular weight is 248 g/mol. The van der Waals surface area contributed by atoms with Crippen molar-refractivity contribution in [3.05, 3.63) is 30.3 Å². The van der Waals surface area contributed by atoms with E-state index < -0.39 is 0 Å². The largest absolute Gasteiger partial charge is 0.385 e. The summed E-state index contributed by atoms with van der Waals surface area (Å²) in [5, 5.41) is 9.92. The SMILES string of the molecule is CN=C(NCCCNc1ccccc1)NC(C)C. The van der Waals surface area contributed by atoms with Crippen LogP contribution in [0.3, 0.4) is 0 Å². The summed E-state index contributed by atoms with van der Waals surface area (Å²) in [6.45, 7) is 6.07. The maximum atomic E-state index is 4.16. The van der Waals surface area contributed by atoms with E-state index in [1.807, 2.05) is 18.2 Å². The van der Waals surface area contributed by atoms with Crippen LogP contribution in [0.25, 0.3) is 0 Å². The number of nitrogens with zero attached hydrogens (tertiary/aromatic N) is 1. The summed E-state index contributed by atoms with van der Waals surface area (Å²) in [6, 6.07) is 10.6. The molecule has 3 N–H and O–H groups in total. The third-order valence-electron chi connectivity index (χ3n) is 2.40. The minimum absolute atomic E-state index is 0.402. The van der Waals surface area contributed by atoms with Crippen molar-refractivity contribution in [2.24, 2.45) is 4.99 Å². The highest BCUT2D eigenvalue weighted by molar-refractivity contribution is 5.79. The van der Waals surface area contributed by atoms with E-state index in [0.29, 0.717) is 6.04 Å². The standard InChI is InChI=1S/C14H24N4/c1-12(2)18-14(15-3)17-11-7-10-16-13-8-5-4-6-9-13/h4-6,8-9,12,16H,7,10-11H2,1-3H3,(H2,15,17,18). The van der Waals surface area contributed by atoms with Gasteiger partial charge in [-0.2, -0.15) is 0 Å². The molecule has 100 valence electrons. The van der Waals surface area contributed by atoms with Crippen LogP contribution in [0.5, 0.6) is 0 Å². The third kappa shape index (κ3) is 6.13. The van der Waals surface area contributed by atoms with E-state index >= 15 is 0 Å². The topological polar surface area (TPSA) is 48.5 Å². The molecule has 0 saturated heterocycles. The van der Waals surface area contributed by atoms with Crippen molar-refractivity contribution in [2.75, 3.05) is 25.5 Å². The fourth-order valence-electron chi connectivity index (χ4n) is 1.55. The molecule has 0 radical (unpaired) electrons. The number of hydrogen-bond donors (Lipinski definition) is 3. The van der Waals surface area contributed by atoms with Crippen LogP contribution in [0.2, 0.25) is 0 Å². The molecule has 0 amide bonds. The fourth-order valence-corrected chi connectivity index (χ4v) is 1.55. The van der Waals surface area contributed by atoms with E-state index in [4.69, 9.17) is 0 Å². The average Bonchev–Trinajstić information content (AvgIpc) is 2.37. The number of anilines is 1. The number of benzene rings is 1. The lowest BCUT2D eigenvalue weighted by molar-refractivity contribution is 0.691. The number of hydrogen-bond acceptors (Lipinski definition) is 2. The van der Waals surface area contributed by atoms with Gasteiger partial charge in [0.15, 0.2) is 5.96 Å². The lowest BCUT2D eigenvalue weighted by Gasteiger charge is -2.14. The zero-order valence-corrected chi connectivity index (χ0v) is 11.5. The molecular weight excluding hydrogens is 224 g/mol. The van der Waals surface area contributed by atoms with Gasteiger partial charge in [0.1, 0.15) is 0 Å². The van der Waals surface area contributed by atoms with Crippen molar-refractivity contribution < 1.29 is 0 Å². The Morgan fingerprint density at radius 1 is 1.17 bits per heavy atom. The minimum Gasteiger partial charge on any atom is -0.385 e. The summed E-state index contributed by atoms with van der Waals surface area (Å²) in [4.78, 5) is 4.16. The Kier molecular flexibility index (Phi) is 6.69. The van der Waals surface area contributed by atoms with Crippen LogP contribution in [0.15, 0.2) is 35.3 Å². The number of para-hydroxylation sites is 1. The number of rotatable bonds is 6. The second kappa shape index (κ2) is 8.39. The van der Waals surface area contributed by atoms with Gasteiger partial charge in [0.05, 0.1) is 0 Å².